The van der Waals surface area contributed by atoms with Gasteiger partial charge in [-0.1, -0.05) is 19.9 Å². The van der Waals surface area contributed by atoms with Crippen LogP contribution in [0.4, 0.5) is 20.4 Å². The van der Waals surface area contributed by atoms with Crippen LogP contribution in [0.25, 0.3) is 22.2 Å². The van der Waals surface area contributed by atoms with Gasteiger partial charge >= 0.3 is 0 Å². The number of rotatable bonds is 5. The first-order valence-electron chi connectivity index (χ1n) is 8.96. The third-order valence-corrected chi connectivity index (χ3v) is 4.71. The molecule has 29 heavy (non-hydrogen) atoms. The summed E-state index contributed by atoms with van der Waals surface area (Å²) in [6.07, 6.45) is 1.01. The van der Waals surface area contributed by atoms with Gasteiger partial charge in [0.1, 0.15) is 17.5 Å². The van der Waals surface area contributed by atoms with E-state index in [0.29, 0.717) is 23.9 Å². The summed E-state index contributed by atoms with van der Waals surface area (Å²) in [6, 6.07) is 10.1. The maximum atomic E-state index is 14.1. The summed E-state index contributed by atoms with van der Waals surface area (Å²) in [5.41, 5.74) is 7.75. The van der Waals surface area contributed by atoms with Crippen molar-refractivity contribution in [2.45, 2.75) is 19.3 Å². The lowest BCUT2D eigenvalue weighted by atomic mass is 9.88. The van der Waals surface area contributed by atoms with Crippen molar-refractivity contribution in [1.82, 2.24) is 25.4 Å². The van der Waals surface area contributed by atoms with Crippen LogP contribution in [0.1, 0.15) is 19.5 Å². The number of H-pyrrole nitrogens is 1. The van der Waals surface area contributed by atoms with Gasteiger partial charge in [0, 0.05) is 29.0 Å². The molecule has 3 aromatic heterocycles. The Hall–Kier alpha value is -3.62. The first-order valence-corrected chi connectivity index (χ1v) is 8.96. The Balaban J connectivity index is 1.49. The van der Waals surface area contributed by atoms with Crippen LogP contribution in [0.15, 0.2) is 42.6 Å². The smallest absolute Gasteiger partial charge is 0.153 e. The molecule has 0 atom stereocenters. The summed E-state index contributed by atoms with van der Waals surface area (Å²) in [7, 11) is 0. The minimum Gasteiger partial charge on any atom is -0.382 e. The summed E-state index contributed by atoms with van der Waals surface area (Å²) in [4.78, 5) is 3.90. The van der Waals surface area contributed by atoms with Crippen LogP contribution in [0, 0.1) is 11.6 Å². The predicted molar refractivity (Wildman–Crippen MR) is 107 cm³/mol. The first-order chi connectivity index (χ1) is 13.8. The van der Waals surface area contributed by atoms with Gasteiger partial charge in [0.15, 0.2) is 5.82 Å². The average molecular weight is 395 g/mol. The van der Waals surface area contributed by atoms with Crippen LogP contribution in [-0.2, 0) is 5.41 Å². The fourth-order valence-corrected chi connectivity index (χ4v) is 3.08. The molecule has 0 bridgehead atoms. The summed E-state index contributed by atoms with van der Waals surface area (Å²) in [6.45, 7) is 3.97. The SMILES string of the molecule is CC(C)(CNc1ccc(-c2ccc3[nH]nc(N)c3c2)nn1)c1ncc(F)cc1F. The van der Waals surface area contributed by atoms with Crippen LogP contribution in [0.5, 0.6) is 0 Å². The number of hydrogen-bond acceptors (Lipinski definition) is 6. The lowest BCUT2D eigenvalue weighted by Gasteiger charge is -2.25. The van der Waals surface area contributed by atoms with E-state index in [9.17, 15) is 8.78 Å². The number of fused-ring (bicyclic) bond motifs is 1. The van der Waals surface area contributed by atoms with Gasteiger partial charge in [-0.3, -0.25) is 10.1 Å². The molecule has 4 N–H and O–H groups in total. The Morgan fingerprint density at radius 3 is 2.66 bits per heavy atom. The third-order valence-electron chi connectivity index (χ3n) is 4.71. The molecule has 4 rings (SSSR count). The maximum absolute atomic E-state index is 14.1. The fraction of sp³-hybridized carbons (Fsp3) is 0.200. The highest BCUT2D eigenvalue weighted by molar-refractivity contribution is 5.91. The minimum absolute atomic E-state index is 0.182. The molecule has 0 radical (unpaired) electrons. The van der Waals surface area contributed by atoms with Crippen LogP contribution >= 0.6 is 0 Å². The minimum atomic E-state index is -0.702. The zero-order chi connectivity index (χ0) is 20.6. The number of nitrogens with two attached hydrogens (primary N) is 1. The molecule has 1 aromatic carbocycles. The number of nitrogen functional groups attached to an aromatic ring is 1. The normalized spacial score (nSPS) is 11.7. The molecular formula is C20H19F2N7. The van der Waals surface area contributed by atoms with Crippen molar-refractivity contribution in [2.75, 3.05) is 17.6 Å². The zero-order valence-corrected chi connectivity index (χ0v) is 15.9. The van der Waals surface area contributed by atoms with Crippen molar-refractivity contribution in [3.05, 3.63) is 59.9 Å². The second-order valence-electron chi connectivity index (χ2n) is 7.39. The molecule has 0 unspecified atom stereocenters. The molecule has 0 amide bonds. The van der Waals surface area contributed by atoms with Gasteiger partial charge in [-0.15, -0.1) is 10.2 Å². The highest BCUT2D eigenvalue weighted by Gasteiger charge is 2.26. The number of aromatic amines is 1. The van der Waals surface area contributed by atoms with Gasteiger partial charge in [-0.25, -0.2) is 8.78 Å². The number of halogens is 2. The second-order valence-corrected chi connectivity index (χ2v) is 7.39. The number of nitrogens with one attached hydrogen (secondary N) is 2. The Labute approximate surface area is 165 Å². The number of aromatic nitrogens is 5. The van der Waals surface area contributed by atoms with E-state index in [-0.39, 0.29) is 5.69 Å². The van der Waals surface area contributed by atoms with E-state index in [1.54, 1.807) is 6.07 Å². The third kappa shape index (κ3) is 3.71. The summed E-state index contributed by atoms with van der Waals surface area (Å²) in [5, 5.41) is 19.2. The summed E-state index contributed by atoms with van der Waals surface area (Å²) in [5.74, 6) is -0.413. The number of benzene rings is 1. The van der Waals surface area contributed by atoms with Crippen LogP contribution in [0.2, 0.25) is 0 Å². The molecule has 0 fully saturated rings. The largest absolute Gasteiger partial charge is 0.382 e. The molecule has 148 valence electrons. The van der Waals surface area contributed by atoms with Crippen LogP contribution < -0.4 is 11.1 Å². The predicted octanol–water partition coefficient (Wildman–Crippen LogP) is 3.67. The number of hydrogen-bond donors (Lipinski definition) is 3. The van der Waals surface area contributed by atoms with Gasteiger partial charge in [0.25, 0.3) is 0 Å². The highest BCUT2D eigenvalue weighted by atomic mass is 19.1. The quantitative estimate of drug-likeness (QED) is 0.476. The van der Waals surface area contributed by atoms with Crippen molar-refractivity contribution in [3.63, 3.8) is 0 Å². The molecule has 0 saturated carbocycles. The molecule has 4 aromatic rings. The maximum Gasteiger partial charge on any atom is 0.153 e. The number of nitrogens with zero attached hydrogens (tertiary/aromatic N) is 4. The Kier molecular flexibility index (Phi) is 4.57. The highest BCUT2D eigenvalue weighted by Crippen LogP contribution is 2.26. The van der Waals surface area contributed by atoms with E-state index >= 15 is 0 Å². The van der Waals surface area contributed by atoms with Crippen molar-refractivity contribution in [2.24, 2.45) is 0 Å². The van der Waals surface area contributed by atoms with E-state index in [4.69, 9.17) is 5.73 Å². The molecule has 7 nitrogen and oxygen atoms in total. The first kappa shape index (κ1) is 18.7. The monoisotopic (exact) mass is 395 g/mol. The van der Waals surface area contributed by atoms with Crippen molar-refractivity contribution < 1.29 is 8.78 Å². The molecule has 0 aliphatic rings. The van der Waals surface area contributed by atoms with Crippen molar-refractivity contribution in [3.8, 4) is 11.3 Å². The molecule has 9 heteroatoms. The second kappa shape index (κ2) is 7.08. The van der Waals surface area contributed by atoms with E-state index in [1.807, 2.05) is 38.1 Å². The topological polar surface area (TPSA) is 105 Å². The zero-order valence-electron chi connectivity index (χ0n) is 15.9. The summed E-state index contributed by atoms with van der Waals surface area (Å²) < 4.78 is 27.2. The molecule has 3 heterocycles. The van der Waals surface area contributed by atoms with E-state index in [2.05, 4.69) is 30.7 Å². The van der Waals surface area contributed by atoms with Gasteiger partial charge < -0.3 is 11.1 Å². The Bertz CT molecular complexity index is 1170. The van der Waals surface area contributed by atoms with Gasteiger partial charge in [-0.2, -0.15) is 5.10 Å². The molecular weight excluding hydrogens is 376 g/mol. The van der Waals surface area contributed by atoms with Crippen molar-refractivity contribution >= 4 is 22.5 Å². The molecule has 0 spiro atoms. The number of pyridine rings is 1. The van der Waals surface area contributed by atoms with E-state index in [1.165, 1.54) is 0 Å². The lowest BCUT2D eigenvalue weighted by molar-refractivity contribution is 0.474. The van der Waals surface area contributed by atoms with E-state index < -0.39 is 17.0 Å². The summed E-state index contributed by atoms with van der Waals surface area (Å²) >= 11 is 0. The molecule has 0 saturated heterocycles. The Morgan fingerprint density at radius 2 is 1.93 bits per heavy atom. The van der Waals surface area contributed by atoms with E-state index in [0.717, 1.165) is 28.7 Å². The van der Waals surface area contributed by atoms with Crippen molar-refractivity contribution in [1.29, 1.82) is 0 Å². The Morgan fingerprint density at radius 1 is 1.10 bits per heavy atom. The lowest BCUT2D eigenvalue weighted by Crippen LogP contribution is -2.30. The average Bonchev–Trinajstić information content (AvgIpc) is 3.07. The fourth-order valence-electron chi connectivity index (χ4n) is 3.08. The van der Waals surface area contributed by atoms with Crippen LogP contribution in [0.3, 0.4) is 0 Å². The van der Waals surface area contributed by atoms with Gasteiger partial charge in [-0.05, 0) is 24.3 Å². The molecule has 0 aliphatic carbocycles. The van der Waals surface area contributed by atoms with Crippen LogP contribution in [-0.4, -0.2) is 31.9 Å². The number of anilines is 2. The standard InChI is InChI=1S/C20H19F2N7/c1-20(2,18-14(22)8-12(21)9-24-18)10-25-17-6-5-15(26-28-17)11-3-4-16-13(7-11)19(23)29-27-16/h3-9H,10H2,1-2H3,(H,25,28)(H3,23,27,29). The van der Waals surface area contributed by atoms with Gasteiger partial charge in [0.2, 0.25) is 0 Å². The molecule has 0 aliphatic heterocycles. The van der Waals surface area contributed by atoms with Gasteiger partial charge in [0.05, 0.1) is 23.1 Å².